The first kappa shape index (κ1) is 10.9. The molecule has 1 saturated carbocycles. The third-order valence-corrected chi connectivity index (χ3v) is 3.48. The third kappa shape index (κ3) is 2.50. The molecule has 2 nitrogen and oxygen atoms in total. The second-order valence-corrected chi connectivity index (χ2v) is 5.08. The maximum atomic E-state index is 5.87. The van der Waals surface area contributed by atoms with Crippen LogP contribution in [0.3, 0.4) is 0 Å². The molecule has 1 N–H and O–H groups in total. The Hall–Kier alpha value is -0.600. The summed E-state index contributed by atoms with van der Waals surface area (Å²) in [5.41, 5.74) is 1.54. The minimum Gasteiger partial charge on any atom is -0.305 e. The number of rotatable bonds is 3. The minimum atomic E-state index is 0.329. The number of nitrogens with one attached hydrogen (secondary N) is 1. The van der Waals surface area contributed by atoms with E-state index in [1.165, 1.54) is 24.8 Å². The first-order chi connectivity index (χ1) is 7.09. The number of halogens is 1. The second-order valence-electron chi connectivity index (χ2n) is 4.69. The predicted octanol–water partition coefficient (Wildman–Crippen LogP) is 3.33. The Kier molecular flexibility index (Phi) is 2.98. The highest BCUT2D eigenvalue weighted by molar-refractivity contribution is 6.29. The van der Waals surface area contributed by atoms with E-state index in [-0.39, 0.29) is 0 Å². The Morgan fingerprint density at radius 3 is 2.80 bits per heavy atom. The molecule has 0 aromatic carbocycles. The third-order valence-electron chi connectivity index (χ3n) is 3.27. The standard InChI is InChI=1S/C12H17ClN2/c1-9(15-12(2)5-3-6-12)10-4-7-14-11(13)8-10/h4,7-9,15H,3,5-6H2,1-2H3. The van der Waals surface area contributed by atoms with Crippen LogP contribution < -0.4 is 5.32 Å². The second kappa shape index (κ2) is 4.11. The molecule has 0 amide bonds. The van der Waals surface area contributed by atoms with E-state index < -0.39 is 0 Å². The lowest BCUT2D eigenvalue weighted by molar-refractivity contribution is 0.190. The van der Waals surface area contributed by atoms with E-state index >= 15 is 0 Å². The van der Waals surface area contributed by atoms with Crippen LogP contribution in [0.5, 0.6) is 0 Å². The normalized spacial score (nSPS) is 20.7. The number of hydrogen-bond donors (Lipinski definition) is 1. The lowest BCUT2D eigenvalue weighted by Gasteiger charge is -2.41. The molecule has 0 bridgehead atoms. The Morgan fingerprint density at radius 1 is 1.53 bits per heavy atom. The summed E-state index contributed by atoms with van der Waals surface area (Å²) >= 11 is 5.87. The van der Waals surface area contributed by atoms with E-state index in [2.05, 4.69) is 24.1 Å². The maximum absolute atomic E-state index is 5.87. The highest BCUT2D eigenvalue weighted by Gasteiger charge is 2.32. The van der Waals surface area contributed by atoms with E-state index in [1.54, 1.807) is 6.20 Å². The SMILES string of the molecule is CC(NC1(C)CCC1)c1ccnc(Cl)c1. The van der Waals surface area contributed by atoms with Crippen molar-refractivity contribution < 1.29 is 0 Å². The largest absolute Gasteiger partial charge is 0.305 e. The van der Waals surface area contributed by atoms with Crippen LogP contribution in [0.4, 0.5) is 0 Å². The summed E-state index contributed by atoms with van der Waals surface area (Å²) in [6.07, 6.45) is 5.65. The zero-order valence-corrected chi connectivity index (χ0v) is 10.0. The van der Waals surface area contributed by atoms with E-state index in [1.807, 2.05) is 12.1 Å². The fourth-order valence-corrected chi connectivity index (χ4v) is 2.33. The monoisotopic (exact) mass is 224 g/mol. The quantitative estimate of drug-likeness (QED) is 0.797. The van der Waals surface area contributed by atoms with Gasteiger partial charge in [-0.25, -0.2) is 4.98 Å². The highest BCUT2D eigenvalue weighted by Crippen LogP contribution is 2.33. The number of pyridine rings is 1. The van der Waals surface area contributed by atoms with Crippen LogP contribution >= 0.6 is 11.6 Å². The van der Waals surface area contributed by atoms with Gasteiger partial charge in [-0.05, 0) is 50.8 Å². The summed E-state index contributed by atoms with van der Waals surface area (Å²) in [6.45, 7) is 4.46. The average Bonchev–Trinajstić information content (AvgIpc) is 2.15. The number of aromatic nitrogens is 1. The van der Waals surface area contributed by atoms with Gasteiger partial charge in [0.05, 0.1) is 0 Å². The first-order valence-electron chi connectivity index (χ1n) is 5.48. The minimum absolute atomic E-state index is 0.329. The van der Waals surface area contributed by atoms with Crippen LogP contribution in [0.25, 0.3) is 0 Å². The van der Waals surface area contributed by atoms with Crippen LogP contribution in [-0.2, 0) is 0 Å². The Bertz CT molecular complexity index is 347. The van der Waals surface area contributed by atoms with Crippen molar-refractivity contribution in [3.05, 3.63) is 29.0 Å². The van der Waals surface area contributed by atoms with Crippen molar-refractivity contribution in [2.45, 2.75) is 44.7 Å². The van der Waals surface area contributed by atoms with Crippen molar-refractivity contribution in [3.63, 3.8) is 0 Å². The van der Waals surface area contributed by atoms with Gasteiger partial charge in [-0.15, -0.1) is 0 Å². The molecule has 3 heteroatoms. The van der Waals surface area contributed by atoms with Gasteiger partial charge in [0.25, 0.3) is 0 Å². The van der Waals surface area contributed by atoms with Gasteiger partial charge < -0.3 is 5.32 Å². The molecule has 1 aromatic heterocycles. The lowest BCUT2D eigenvalue weighted by Crippen LogP contribution is -2.49. The van der Waals surface area contributed by atoms with E-state index in [4.69, 9.17) is 11.6 Å². The van der Waals surface area contributed by atoms with Crippen LogP contribution in [0.1, 0.15) is 44.7 Å². The van der Waals surface area contributed by atoms with Gasteiger partial charge in [-0.1, -0.05) is 11.6 Å². The van der Waals surface area contributed by atoms with Gasteiger partial charge >= 0.3 is 0 Å². The highest BCUT2D eigenvalue weighted by atomic mass is 35.5. The first-order valence-corrected chi connectivity index (χ1v) is 5.86. The van der Waals surface area contributed by atoms with Crippen LogP contribution in [0.2, 0.25) is 5.15 Å². The molecule has 1 aliphatic rings. The molecule has 82 valence electrons. The molecule has 1 heterocycles. The fourth-order valence-electron chi connectivity index (χ4n) is 2.14. The van der Waals surface area contributed by atoms with Crippen molar-refractivity contribution in [2.75, 3.05) is 0 Å². The van der Waals surface area contributed by atoms with Gasteiger partial charge in [0, 0.05) is 17.8 Å². The van der Waals surface area contributed by atoms with Crippen LogP contribution in [-0.4, -0.2) is 10.5 Å². The van der Waals surface area contributed by atoms with Crippen molar-refractivity contribution in [2.24, 2.45) is 0 Å². The van der Waals surface area contributed by atoms with E-state index in [0.29, 0.717) is 16.7 Å². The molecule has 2 rings (SSSR count). The lowest BCUT2D eigenvalue weighted by atomic mass is 9.78. The summed E-state index contributed by atoms with van der Waals surface area (Å²) in [6, 6.07) is 4.29. The van der Waals surface area contributed by atoms with Crippen molar-refractivity contribution in [3.8, 4) is 0 Å². The summed E-state index contributed by atoms with van der Waals surface area (Å²) in [4.78, 5) is 3.99. The van der Waals surface area contributed by atoms with Gasteiger partial charge in [-0.3, -0.25) is 0 Å². The zero-order chi connectivity index (χ0) is 10.9. The molecule has 1 atom stereocenters. The van der Waals surface area contributed by atoms with Gasteiger partial charge in [0.15, 0.2) is 0 Å². The summed E-state index contributed by atoms with van der Waals surface area (Å²) in [5, 5.41) is 4.22. The number of nitrogens with zero attached hydrogens (tertiary/aromatic N) is 1. The van der Waals surface area contributed by atoms with E-state index in [0.717, 1.165) is 0 Å². The molecule has 0 aliphatic heterocycles. The Balaban J connectivity index is 2.04. The smallest absolute Gasteiger partial charge is 0.129 e. The van der Waals surface area contributed by atoms with Crippen LogP contribution in [0, 0.1) is 0 Å². The van der Waals surface area contributed by atoms with E-state index in [9.17, 15) is 0 Å². The predicted molar refractivity (Wildman–Crippen MR) is 63.1 cm³/mol. The van der Waals surface area contributed by atoms with Crippen LogP contribution in [0.15, 0.2) is 18.3 Å². The Morgan fingerprint density at radius 2 is 2.27 bits per heavy atom. The van der Waals surface area contributed by atoms with Crippen molar-refractivity contribution in [1.29, 1.82) is 0 Å². The average molecular weight is 225 g/mol. The summed E-state index contributed by atoms with van der Waals surface area (Å²) in [5.74, 6) is 0. The number of hydrogen-bond acceptors (Lipinski definition) is 2. The molecule has 1 aliphatic carbocycles. The molecule has 15 heavy (non-hydrogen) atoms. The molecule has 1 aromatic rings. The van der Waals surface area contributed by atoms with Crippen molar-refractivity contribution >= 4 is 11.6 Å². The summed E-state index contributed by atoms with van der Waals surface area (Å²) in [7, 11) is 0. The van der Waals surface area contributed by atoms with Crippen molar-refractivity contribution in [1.82, 2.24) is 10.3 Å². The topological polar surface area (TPSA) is 24.9 Å². The molecule has 1 fully saturated rings. The molecular weight excluding hydrogens is 208 g/mol. The fraction of sp³-hybridized carbons (Fsp3) is 0.583. The zero-order valence-electron chi connectivity index (χ0n) is 9.26. The molecule has 1 unspecified atom stereocenters. The summed E-state index contributed by atoms with van der Waals surface area (Å²) < 4.78 is 0. The van der Waals surface area contributed by atoms with Gasteiger partial charge in [0.2, 0.25) is 0 Å². The molecule has 0 spiro atoms. The van der Waals surface area contributed by atoms with Gasteiger partial charge in [-0.2, -0.15) is 0 Å². The molecule has 0 saturated heterocycles. The Labute approximate surface area is 96.1 Å². The molecular formula is C12H17ClN2. The van der Waals surface area contributed by atoms with Gasteiger partial charge in [0.1, 0.15) is 5.15 Å². The molecule has 0 radical (unpaired) electrons. The maximum Gasteiger partial charge on any atom is 0.129 e.